The maximum Gasteiger partial charge on any atom is 0.301 e. The lowest BCUT2D eigenvalue weighted by Gasteiger charge is -2.18. The molecular formula is C29H20N6O2. The van der Waals surface area contributed by atoms with Crippen LogP contribution in [0.4, 0.5) is 5.69 Å². The number of benzene rings is 2. The van der Waals surface area contributed by atoms with Gasteiger partial charge in [0.1, 0.15) is 11.6 Å². The van der Waals surface area contributed by atoms with Crippen molar-refractivity contribution in [2.75, 3.05) is 18.6 Å². The monoisotopic (exact) mass is 484 g/mol. The lowest BCUT2D eigenvalue weighted by atomic mass is 10.1. The number of rotatable bonds is 3. The summed E-state index contributed by atoms with van der Waals surface area (Å²) in [7, 11) is 1.56. The highest BCUT2D eigenvalue weighted by atomic mass is 16.5. The fourth-order valence-corrected chi connectivity index (χ4v) is 4.66. The molecule has 0 aliphatic carbocycles. The Kier molecular flexibility index (Phi) is 5.48. The third kappa shape index (κ3) is 3.91. The van der Waals surface area contributed by atoms with Gasteiger partial charge in [0.15, 0.2) is 0 Å². The lowest BCUT2D eigenvalue weighted by molar-refractivity contribution is -0.117. The number of nitriles is 1. The van der Waals surface area contributed by atoms with Gasteiger partial charge in [-0.25, -0.2) is 0 Å². The standard InChI is InChI=1S/C29H20N6O2/c1-37-29-33-25-18-32-24-10-8-19(6-7-20-4-2-12-31-17-20)14-23(24)28(25)35(29)22-9-11-26(21(15-22)16-30)34-13-3-5-27(34)36/h2,4,8-12,14-15,17-18H,3,5,13H2,1H3. The first-order valence-corrected chi connectivity index (χ1v) is 11.8. The van der Waals surface area contributed by atoms with Gasteiger partial charge in [-0.2, -0.15) is 10.2 Å². The quantitative estimate of drug-likeness (QED) is 0.353. The Bertz CT molecular complexity index is 1790. The summed E-state index contributed by atoms with van der Waals surface area (Å²) >= 11 is 0. The van der Waals surface area contributed by atoms with Gasteiger partial charge in [-0.05, 0) is 55.0 Å². The van der Waals surface area contributed by atoms with Gasteiger partial charge in [-0.1, -0.05) is 11.8 Å². The molecule has 1 amide bonds. The van der Waals surface area contributed by atoms with Gasteiger partial charge in [-0.3, -0.25) is 19.3 Å². The molecule has 5 aromatic rings. The van der Waals surface area contributed by atoms with Gasteiger partial charge in [0.05, 0.1) is 41.3 Å². The van der Waals surface area contributed by atoms with Crippen molar-refractivity contribution >= 4 is 33.5 Å². The van der Waals surface area contributed by atoms with E-state index in [1.165, 1.54) is 0 Å². The van der Waals surface area contributed by atoms with Gasteiger partial charge in [0, 0.05) is 41.9 Å². The first kappa shape index (κ1) is 22.3. The van der Waals surface area contributed by atoms with E-state index in [1.54, 1.807) is 36.7 Å². The molecule has 0 spiro atoms. The first-order chi connectivity index (χ1) is 18.2. The van der Waals surface area contributed by atoms with Crippen LogP contribution >= 0.6 is 0 Å². The summed E-state index contributed by atoms with van der Waals surface area (Å²) in [5.74, 6) is 6.37. The number of carbonyl (C=O) groups excluding carboxylic acids is 1. The number of carbonyl (C=O) groups is 1. The highest BCUT2D eigenvalue weighted by molar-refractivity contribution is 6.04. The summed E-state index contributed by atoms with van der Waals surface area (Å²) in [6.07, 6.45) is 6.43. The molecule has 0 radical (unpaired) electrons. The lowest BCUT2D eigenvalue weighted by Crippen LogP contribution is -2.24. The SMILES string of the molecule is COc1nc2cnc3ccc(C#Cc4cccnc4)cc3c2n1-c1ccc(N2CCCC2=O)c(C#N)c1. The van der Waals surface area contributed by atoms with Crippen LogP contribution in [-0.4, -0.2) is 39.1 Å². The van der Waals surface area contributed by atoms with Gasteiger partial charge in [0.25, 0.3) is 0 Å². The summed E-state index contributed by atoms with van der Waals surface area (Å²) in [5, 5.41) is 10.8. The van der Waals surface area contributed by atoms with Crippen molar-refractivity contribution < 1.29 is 9.53 Å². The van der Waals surface area contributed by atoms with Crippen LogP contribution in [0.1, 0.15) is 29.5 Å². The molecule has 0 saturated carbocycles. The zero-order valence-corrected chi connectivity index (χ0v) is 20.0. The molecule has 8 heteroatoms. The van der Waals surface area contributed by atoms with Crippen LogP contribution in [0, 0.1) is 23.2 Å². The summed E-state index contributed by atoms with van der Waals surface area (Å²) in [4.78, 5) is 27.3. The zero-order chi connectivity index (χ0) is 25.4. The summed E-state index contributed by atoms with van der Waals surface area (Å²) in [5.41, 5.74) is 5.60. The van der Waals surface area contributed by atoms with E-state index in [1.807, 2.05) is 47.0 Å². The molecule has 4 heterocycles. The highest BCUT2D eigenvalue weighted by Crippen LogP contribution is 2.34. The molecule has 1 aliphatic rings. The number of methoxy groups -OCH3 is 1. The summed E-state index contributed by atoms with van der Waals surface area (Å²) < 4.78 is 7.50. The predicted molar refractivity (Wildman–Crippen MR) is 139 cm³/mol. The molecule has 178 valence electrons. The Hall–Kier alpha value is -5.21. The molecule has 0 N–H and O–H groups in total. The smallest absolute Gasteiger partial charge is 0.301 e. The summed E-state index contributed by atoms with van der Waals surface area (Å²) in [6.45, 7) is 0.614. The van der Waals surface area contributed by atoms with Crippen molar-refractivity contribution in [1.29, 1.82) is 5.26 Å². The van der Waals surface area contributed by atoms with Crippen LogP contribution in [-0.2, 0) is 4.79 Å². The van der Waals surface area contributed by atoms with Crippen LogP contribution in [0.25, 0.3) is 27.6 Å². The van der Waals surface area contributed by atoms with Crippen LogP contribution in [0.2, 0.25) is 0 Å². The van der Waals surface area contributed by atoms with E-state index in [9.17, 15) is 10.1 Å². The van der Waals surface area contributed by atoms with E-state index in [0.717, 1.165) is 34.0 Å². The van der Waals surface area contributed by atoms with Gasteiger partial charge < -0.3 is 9.64 Å². The number of hydrogen-bond donors (Lipinski definition) is 0. The molecule has 37 heavy (non-hydrogen) atoms. The number of imidazole rings is 1. The topological polar surface area (TPSA) is 96.9 Å². The van der Waals surface area contributed by atoms with E-state index < -0.39 is 0 Å². The average Bonchev–Trinajstić information content (AvgIpc) is 3.55. The minimum absolute atomic E-state index is 0.0342. The molecule has 1 saturated heterocycles. The Morgan fingerprint density at radius 1 is 1.03 bits per heavy atom. The van der Waals surface area contributed by atoms with Gasteiger partial charge in [-0.15, -0.1) is 0 Å². The molecule has 6 rings (SSSR count). The van der Waals surface area contributed by atoms with E-state index in [0.29, 0.717) is 41.4 Å². The maximum absolute atomic E-state index is 12.3. The van der Waals surface area contributed by atoms with Crippen molar-refractivity contribution in [3.8, 4) is 29.6 Å². The molecular weight excluding hydrogens is 464 g/mol. The second-order valence-electron chi connectivity index (χ2n) is 8.61. The second kappa shape index (κ2) is 9.10. The Balaban J connectivity index is 1.53. The summed E-state index contributed by atoms with van der Waals surface area (Å²) in [6, 6.07) is 17.7. The molecule has 0 unspecified atom stereocenters. The number of pyridine rings is 2. The van der Waals surface area contributed by atoms with Crippen LogP contribution in [0.3, 0.4) is 0 Å². The number of amides is 1. The molecule has 3 aromatic heterocycles. The van der Waals surface area contributed by atoms with Gasteiger partial charge >= 0.3 is 6.01 Å². The average molecular weight is 485 g/mol. The third-order valence-corrected chi connectivity index (χ3v) is 6.37. The molecule has 1 aliphatic heterocycles. The largest absolute Gasteiger partial charge is 0.468 e. The third-order valence-electron chi connectivity index (χ3n) is 6.37. The Labute approximate surface area is 212 Å². The fourth-order valence-electron chi connectivity index (χ4n) is 4.66. The number of fused-ring (bicyclic) bond motifs is 3. The molecule has 1 fully saturated rings. The van der Waals surface area contributed by atoms with Crippen molar-refractivity contribution in [2.45, 2.75) is 12.8 Å². The molecule has 8 nitrogen and oxygen atoms in total. The van der Waals surface area contributed by atoms with E-state index in [-0.39, 0.29) is 5.91 Å². The maximum atomic E-state index is 12.3. The second-order valence-corrected chi connectivity index (χ2v) is 8.61. The number of anilines is 1. The number of nitrogens with zero attached hydrogens (tertiary/aromatic N) is 6. The highest BCUT2D eigenvalue weighted by Gasteiger charge is 2.25. The zero-order valence-electron chi connectivity index (χ0n) is 20.0. The minimum atomic E-state index is 0.0342. The van der Waals surface area contributed by atoms with E-state index in [4.69, 9.17) is 4.74 Å². The van der Waals surface area contributed by atoms with E-state index >= 15 is 0 Å². The minimum Gasteiger partial charge on any atom is -0.468 e. The molecule has 0 bridgehead atoms. The van der Waals surface area contributed by atoms with Crippen molar-refractivity contribution in [3.63, 3.8) is 0 Å². The van der Waals surface area contributed by atoms with Crippen molar-refractivity contribution in [2.24, 2.45) is 0 Å². The number of aromatic nitrogens is 4. The Morgan fingerprint density at radius 2 is 1.92 bits per heavy atom. The van der Waals surface area contributed by atoms with Crippen molar-refractivity contribution in [1.82, 2.24) is 19.5 Å². The Morgan fingerprint density at radius 3 is 2.68 bits per heavy atom. The fraction of sp³-hybridized carbons (Fsp3) is 0.138. The van der Waals surface area contributed by atoms with Gasteiger partial charge in [0.2, 0.25) is 5.91 Å². The normalized spacial score (nSPS) is 13.0. The number of ether oxygens (including phenoxy) is 1. The number of hydrogen-bond acceptors (Lipinski definition) is 6. The first-order valence-electron chi connectivity index (χ1n) is 11.8. The van der Waals surface area contributed by atoms with E-state index in [2.05, 4.69) is 32.9 Å². The molecule has 2 aromatic carbocycles. The predicted octanol–water partition coefficient (Wildman–Crippen LogP) is 4.38. The van der Waals surface area contributed by atoms with Crippen LogP contribution < -0.4 is 9.64 Å². The van der Waals surface area contributed by atoms with Crippen LogP contribution in [0.15, 0.2) is 67.1 Å². The van der Waals surface area contributed by atoms with Crippen molar-refractivity contribution in [3.05, 3.63) is 83.8 Å². The molecule has 0 atom stereocenters. The van der Waals surface area contributed by atoms with Crippen LogP contribution in [0.5, 0.6) is 6.01 Å².